The van der Waals surface area contributed by atoms with Crippen molar-refractivity contribution in [2.75, 3.05) is 13.2 Å². The summed E-state index contributed by atoms with van der Waals surface area (Å²) in [6, 6.07) is 21.4. The summed E-state index contributed by atoms with van der Waals surface area (Å²) in [5.74, 6) is 0.927. The topological polar surface area (TPSA) is 65.4 Å². The fourth-order valence-corrected chi connectivity index (χ4v) is 3.74. The zero-order valence-electron chi connectivity index (χ0n) is 17.8. The number of ether oxygens (including phenoxy) is 2. The van der Waals surface area contributed by atoms with Crippen molar-refractivity contribution in [1.29, 1.82) is 0 Å². The Balaban J connectivity index is 1.34. The quantitative estimate of drug-likeness (QED) is 0.482. The van der Waals surface area contributed by atoms with E-state index < -0.39 is 0 Å². The predicted molar refractivity (Wildman–Crippen MR) is 122 cm³/mol. The second-order valence-corrected chi connectivity index (χ2v) is 7.72. The molecular weight excluding hydrogens is 421 g/mol. The number of para-hydroxylation sites is 1. The number of nitrogens with zero attached hydrogens (tertiary/aromatic N) is 2. The summed E-state index contributed by atoms with van der Waals surface area (Å²) < 4.78 is 26.3. The van der Waals surface area contributed by atoms with Crippen LogP contribution in [0, 0.1) is 5.82 Å². The van der Waals surface area contributed by atoms with Gasteiger partial charge in [-0.3, -0.25) is 4.79 Å². The smallest absolute Gasteiger partial charge is 0.224 e. The number of halogens is 1. The van der Waals surface area contributed by atoms with Crippen molar-refractivity contribution < 1.29 is 18.7 Å². The van der Waals surface area contributed by atoms with Gasteiger partial charge in [-0.2, -0.15) is 5.10 Å². The Morgan fingerprint density at radius 2 is 1.73 bits per heavy atom. The van der Waals surface area contributed by atoms with Gasteiger partial charge in [-0.15, -0.1) is 0 Å². The lowest BCUT2D eigenvalue weighted by atomic mass is 10.1. The maximum atomic E-state index is 13.4. The van der Waals surface area contributed by atoms with Gasteiger partial charge in [0, 0.05) is 23.9 Å². The number of aromatic nitrogens is 2. The highest BCUT2D eigenvalue weighted by Gasteiger charge is 2.16. The SMILES string of the molecule is O=C(Cc1ccc2c(c1)OCCO2)NCc1cn(-c2ccccc2)nc1-c1ccc(F)cc1. The van der Waals surface area contributed by atoms with Gasteiger partial charge in [-0.05, 0) is 54.1 Å². The number of carbonyl (C=O) groups excluding carboxylic acids is 1. The molecular formula is C26H22FN3O3. The molecule has 4 aromatic rings. The lowest BCUT2D eigenvalue weighted by Crippen LogP contribution is -2.24. The fourth-order valence-electron chi connectivity index (χ4n) is 3.74. The van der Waals surface area contributed by atoms with E-state index in [2.05, 4.69) is 5.32 Å². The van der Waals surface area contributed by atoms with Crippen LogP contribution < -0.4 is 14.8 Å². The minimum atomic E-state index is -0.310. The number of hydrogen-bond acceptors (Lipinski definition) is 4. The molecule has 0 saturated heterocycles. The van der Waals surface area contributed by atoms with Crippen molar-refractivity contribution in [3.05, 3.63) is 95.9 Å². The van der Waals surface area contributed by atoms with Crippen LogP contribution >= 0.6 is 0 Å². The molecule has 33 heavy (non-hydrogen) atoms. The Kier molecular flexibility index (Phi) is 5.76. The van der Waals surface area contributed by atoms with E-state index in [-0.39, 0.29) is 18.1 Å². The van der Waals surface area contributed by atoms with Crippen LogP contribution in [-0.2, 0) is 17.8 Å². The minimum absolute atomic E-state index is 0.121. The van der Waals surface area contributed by atoms with Crippen LogP contribution in [0.1, 0.15) is 11.1 Å². The van der Waals surface area contributed by atoms with Gasteiger partial charge in [-0.25, -0.2) is 9.07 Å². The van der Waals surface area contributed by atoms with Gasteiger partial charge < -0.3 is 14.8 Å². The van der Waals surface area contributed by atoms with Gasteiger partial charge in [0.05, 0.1) is 17.8 Å². The number of amides is 1. The molecule has 0 saturated carbocycles. The molecule has 7 heteroatoms. The van der Waals surface area contributed by atoms with E-state index >= 15 is 0 Å². The first-order chi connectivity index (χ1) is 16.2. The van der Waals surface area contributed by atoms with Crippen molar-refractivity contribution in [1.82, 2.24) is 15.1 Å². The first-order valence-corrected chi connectivity index (χ1v) is 10.7. The van der Waals surface area contributed by atoms with E-state index in [0.29, 0.717) is 37.0 Å². The molecule has 0 atom stereocenters. The highest BCUT2D eigenvalue weighted by atomic mass is 19.1. The Hall–Kier alpha value is -4.13. The Morgan fingerprint density at radius 1 is 0.970 bits per heavy atom. The van der Waals surface area contributed by atoms with Crippen molar-refractivity contribution >= 4 is 5.91 Å². The third-order valence-electron chi connectivity index (χ3n) is 5.38. The van der Waals surface area contributed by atoms with Crippen LogP contribution in [0.4, 0.5) is 4.39 Å². The summed E-state index contributed by atoms with van der Waals surface area (Å²) in [5, 5.41) is 7.68. The predicted octanol–water partition coefficient (Wildman–Crippen LogP) is 4.31. The molecule has 1 aliphatic heterocycles. The lowest BCUT2D eigenvalue weighted by Gasteiger charge is -2.18. The maximum absolute atomic E-state index is 13.4. The summed E-state index contributed by atoms with van der Waals surface area (Å²) in [4.78, 5) is 12.7. The second kappa shape index (κ2) is 9.16. The fraction of sp³-hybridized carbons (Fsp3) is 0.154. The van der Waals surface area contributed by atoms with Gasteiger partial charge in [0.1, 0.15) is 19.0 Å². The number of carbonyl (C=O) groups is 1. The zero-order valence-corrected chi connectivity index (χ0v) is 17.8. The molecule has 0 aliphatic carbocycles. The number of rotatable bonds is 6. The summed E-state index contributed by atoms with van der Waals surface area (Å²) >= 11 is 0. The molecule has 0 spiro atoms. The molecule has 6 nitrogen and oxygen atoms in total. The molecule has 1 aliphatic rings. The standard InChI is InChI=1S/C26H22FN3O3/c27-21-9-7-19(8-10-21)26-20(17-30(29-26)22-4-2-1-3-5-22)16-28-25(31)15-18-6-11-23-24(14-18)33-13-12-32-23/h1-11,14,17H,12-13,15-16H2,(H,28,31). The highest BCUT2D eigenvalue weighted by Crippen LogP contribution is 2.31. The molecule has 0 radical (unpaired) electrons. The molecule has 1 amide bonds. The number of nitrogens with one attached hydrogen (secondary N) is 1. The molecule has 166 valence electrons. The molecule has 0 unspecified atom stereocenters. The zero-order chi connectivity index (χ0) is 22.6. The number of fused-ring (bicyclic) bond motifs is 1. The Labute approximate surface area is 190 Å². The molecule has 0 bridgehead atoms. The summed E-state index contributed by atoms with van der Waals surface area (Å²) in [6.45, 7) is 1.32. The van der Waals surface area contributed by atoms with E-state index in [1.165, 1.54) is 12.1 Å². The van der Waals surface area contributed by atoms with E-state index in [4.69, 9.17) is 14.6 Å². The van der Waals surface area contributed by atoms with Crippen LogP contribution in [0.25, 0.3) is 16.9 Å². The van der Waals surface area contributed by atoms with Gasteiger partial charge in [0.15, 0.2) is 11.5 Å². The van der Waals surface area contributed by atoms with Gasteiger partial charge in [0.25, 0.3) is 0 Å². The van der Waals surface area contributed by atoms with E-state index in [1.54, 1.807) is 16.8 Å². The third-order valence-corrected chi connectivity index (χ3v) is 5.38. The van der Waals surface area contributed by atoms with E-state index in [9.17, 15) is 9.18 Å². The number of benzene rings is 3. The summed E-state index contributed by atoms with van der Waals surface area (Å²) in [7, 11) is 0. The third kappa shape index (κ3) is 4.72. The second-order valence-electron chi connectivity index (χ2n) is 7.72. The molecule has 1 aromatic heterocycles. The first-order valence-electron chi connectivity index (χ1n) is 10.7. The molecule has 5 rings (SSSR count). The van der Waals surface area contributed by atoms with Crippen LogP contribution in [0.3, 0.4) is 0 Å². The highest BCUT2D eigenvalue weighted by molar-refractivity contribution is 5.79. The largest absolute Gasteiger partial charge is 0.486 e. The van der Waals surface area contributed by atoms with Gasteiger partial charge in [-0.1, -0.05) is 24.3 Å². The minimum Gasteiger partial charge on any atom is -0.486 e. The van der Waals surface area contributed by atoms with E-state index in [0.717, 1.165) is 22.4 Å². The van der Waals surface area contributed by atoms with Crippen LogP contribution in [0.15, 0.2) is 79.0 Å². The Morgan fingerprint density at radius 3 is 2.52 bits per heavy atom. The molecule has 3 aromatic carbocycles. The molecule has 1 N–H and O–H groups in total. The van der Waals surface area contributed by atoms with Crippen LogP contribution in [0.2, 0.25) is 0 Å². The van der Waals surface area contributed by atoms with E-state index in [1.807, 2.05) is 54.7 Å². The molecule has 2 heterocycles. The van der Waals surface area contributed by atoms with Crippen molar-refractivity contribution in [3.8, 4) is 28.4 Å². The van der Waals surface area contributed by atoms with Crippen molar-refractivity contribution in [2.45, 2.75) is 13.0 Å². The lowest BCUT2D eigenvalue weighted by molar-refractivity contribution is -0.120. The van der Waals surface area contributed by atoms with Gasteiger partial charge >= 0.3 is 0 Å². The first kappa shape index (κ1) is 20.8. The average Bonchev–Trinajstić information content (AvgIpc) is 3.28. The monoisotopic (exact) mass is 443 g/mol. The summed E-state index contributed by atoms with van der Waals surface area (Å²) in [5.41, 5.74) is 4.05. The van der Waals surface area contributed by atoms with Crippen molar-refractivity contribution in [2.24, 2.45) is 0 Å². The normalized spacial score (nSPS) is 12.4. The maximum Gasteiger partial charge on any atom is 0.224 e. The Bertz CT molecular complexity index is 1270. The molecule has 0 fully saturated rings. The van der Waals surface area contributed by atoms with Gasteiger partial charge in [0.2, 0.25) is 5.91 Å². The summed E-state index contributed by atoms with van der Waals surface area (Å²) in [6.07, 6.45) is 2.10. The van der Waals surface area contributed by atoms with Crippen molar-refractivity contribution in [3.63, 3.8) is 0 Å². The van der Waals surface area contributed by atoms with Crippen LogP contribution in [-0.4, -0.2) is 28.9 Å². The van der Waals surface area contributed by atoms with Crippen LogP contribution in [0.5, 0.6) is 11.5 Å². The number of hydrogen-bond donors (Lipinski definition) is 1. The average molecular weight is 443 g/mol.